The number of unbranched alkanes of at least 4 members (excludes halogenated alkanes) is 11. The minimum atomic E-state index is -0.997. The van der Waals surface area contributed by atoms with E-state index >= 15 is 0 Å². The van der Waals surface area contributed by atoms with Crippen LogP contribution in [0.25, 0.3) is 0 Å². The zero-order chi connectivity index (χ0) is 20.2. The van der Waals surface area contributed by atoms with Crippen LogP contribution in [0.2, 0.25) is 0 Å². The summed E-state index contributed by atoms with van der Waals surface area (Å²) in [7, 11) is 0. The topological polar surface area (TPSA) is 86.6 Å². The summed E-state index contributed by atoms with van der Waals surface area (Å²) >= 11 is 0. The Bertz CT molecular complexity index is 394. The van der Waals surface area contributed by atoms with Crippen molar-refractivity contribution in [3.8, 4) is 0 Å². The molecule has 0 saturated heterocycles. The SMILES string of the molecule is CC(O)CCC/C=C\CCCCCCCCCCCCC(=O)NCC(=O)O. The molecule has 0 radical (unpaired) electrons. The first-order valence-electron chi connectivity index (χ1n) is 10.8. The summed E-state index contributed by atoms with van der Waals surface area (Å²) in [6.07, 6.45) is 21.1. The van der Waals surface area contributed by atoms with E-state index in [-0.39, 0.29) is 18.6 Å². The third-order valence-electron chi connectivity index (χ3n) is 4.62. The summed E-state index contributed by atoms with van der Waals surface area (Å²) in [4.78, 5) is 21.7. The molecule has 0 aromatic heterocycles. The first kappa shape index (κ1) is 25.6. The molecule has 0 bridgehead atoms. The van der Waals surface area contributed by atoms with Gasteiger partial charge in [-0.05, 0) is 45.4 Å². The van der Waals surface area contributed by atoms with E-state index in [1.165, 1.54) is 51.4 Å². The predicted molar refractivity (Wildman–Crippen MR) is 111 cm³/mol. The van der Waals surface area contributed by atoms with Gasteiger partial charge in [-0.3, -0.25) is 9.59 Å². The highest BCUT2D eigenvalue weighted by Gasteiger charge is 2.03. The van der Waals surface area contributed by atoms with Crippen molar-refractivity contribution in [2.75, 3.05) is 6.54 Å². The Balaban J connectivity index is 3.17. The number of rotatable bonds is 19. The Kier molecular flexibility index (Phi) is 18.4. The summed E-state index contributed by atoms with van der Waals surface area (Å²) in [6, 6.07) is 0. The number of amides is 1. The summed E-state index contributed by atoms with van der Waals surface area (Å²) in [5.74, 6) is -1.16. The number of nitrogens with one attached hydrogen (secondary N) is 1. The molecule has 5 heteroatoms. The molecular weight excluding hydrogens is 342 g/mol. The molecule has 0 rings (SSSR count). The van der Waals surface area contributed by atoms with E-state index in [0.29, 0.717) is 6.42 Å². The molecule has 0 aliphatic rings. The van der Waals surface area contributed by atoms with Crippen LogP contribution in [0.5, 0.6) is 0 Å². The Morgan fingerprint density at radius 1 is 0.815 bits per heavy atom. The molecule has 27 heavy (non-hydrogen) atoms. The van der Waals surface area contributed by atoms with E-state index in [1.54, 1.807) is 0 Å². The van der Waals surface area contributed by atoms with Crippen LogP contribution in [0.3, 0.4) is 0 Å². The van der Waals surface area contributed by atoms with Gasteiger partial charge in [0.1, 0.15) is 6.54 Å². The lowest BCUT2D eigenvalue weighted by Gasteiger charge is -2.03. The third kappa shape index (κ3) is 22.6. The smallest absolute Gasteiger partial charge is 0.322 e. The molecular formula is C22H41NO4. The number of aliphatic carboxylic acids is 1. The van der Waals surface area contributed by atoms with Gasteiger partial charge in [0.15, 0.2) is 0 Å². The third-order valence-corrected chi connectivity index (χ3v) is 4.62. The minimum Gasteiger partial charge on any atom is -0.480 e. The predicted octanol–water partition coefficient (Wildman–Crippen LogP) is 4.98. The minimum absolute atomic E-state index is 0.160. The van der Waals surface area contributed by atoms with Crippen molar-refractivity contribution in [2.24, 2.45) is 0 Å². The number of carbonyl (C=O) groups excluding carboxylic acids is 1. The van der Waals surface area contributed by atoms with Crippen LogP contribution in [0.4, 0.5) is 0 Å². The van der Waals surface area contributed by atoms with Crippen LogP contribution in [-0.4, -0.2) is 34.7 Å². The summed E-state index contributed by atoms with van der Waals surface area (Å²) in [5, 5.41) is 20.0. The Labute approximate surface area is 165 Å². The van der Waals surface area contributed by atoms with Gasteiger partial charge in [-0.25, -0.2) is 0 Å². The maximum absolute atomic E-state index is 11.3. The highest BCUT2D eigenvalue weighted by Crippen LogP contribution is 2.12. The van der Waals surface area contributed by atoms with Crippen molar-refractivity contribution < 1.29 is 19.8 Å². The van der Waals surface area contributed by atoms with Crippen LogP contribution in [0, 0.1) is 0 Å². The molecule has 0 saturated carbocycles. The number of hydrogen-bond donors (Lipinski definition) is 3. The molecule has 1 amide bonds. The normalized spacial score (nSPS) is 12.4. The summed E-state index contributed by atoms with van der Waals surface area (Å²) in [5.41, 5.74) is 0. The Hall–Kier alpha value is -1.36. The zero-order valence-corrected chi connectivity index (χ0v) is 17.3. The Morgan fingerprint density at radius 2 is 1.30 bits per heavy atom. The summed E-state index contributed by atoms with van der Waals surface area (Å²) in [6.45, 7) is 1.57. The van der Waals surface area contributed by atoms with Crippen molar-refractivity contribution in [2.45, 2.75) is 109 Å². The van der Waals surface area contributed by atoms with E-state index in [9.17, 15) is 9.59 Å². The number of aliphatic hydroxyl groups is 1. The van der Waals surface area contributed by atoms with Gasteiger partial charge in [0.25, 0.3) is 0 Å². The molecule has 0 aliphatic heterocycles. The average Bonchev–Trinajstić information content (AvgIpc) is 2.62. The quantitative estimate of drug-likeness (QED) is 0.217. The molecule has 0 fully saturated rings. The second kappa shape index (κ2) is 19.4. The standard InChI is InChI=1S/C22H41NO4/c1-20(24)17-15-13-11-9-7-5-3-2-4-6-8-10-12-14-16-18-21(25)23-19-22(26)27/h9,11,20,24H,2-8,10,12-19H2,1H3,(H,23,25)(H,26,27)/b11-9-. The van der Waals surface area contributed by atoms with Crippen LogP contribution < -0.4 is 5.32 Å². The van der Waals surface area contributed by atoms with Crippen molar-refractivity contribution >= 4 is 11.9 Å². The fourth-order valence-electron chi connectivity index (χ4n) is 2.99. The monoisotopic (exact) mass is 383 g/mol. The van der Waals surface area contributed by atoms with Crippen molar-refractivity contribution in [3.63, 3.8) is 0 Å². The molecule has 0 aromatic rings. The lowest BCUT2D eigenvalue weighted by atomic mass is 10.0. The second-order valence-electron chi connectivity index (χ2n) is 7.50. The van der Waals surface area contributed by atoms with Gasteiger partial charge < -0.3 is 15.5 Å². The first-order valence-corrected chi connectivity index (χ1v) is 10.8. The van der Waals surface area contributed by atoms with Crippen LogP contribution >= 0.6 is 0 Å². The number of allylic oxidation sites excluding steroid dienone is 2. The highest BCUT2D eigenvalue weighted by molar-refractivity contribution is 5.80. The van der Waals surface area contributed by atoms with Crippen LogP contribution in [-0.2, 0) is 9.59 Å². The zero-order valence-electron chi connectivity index (χ0n) is 17.3. The van der Waals surface area contributed by atoms with Crippen molar-refractivity contribution in [1.82, 2.24) is 5.32 Å². The van der Waals surface area contributed by atoms with Crippen LogP contribution in [0.15, 0.2) is 12.2 Å². The highest BCUT2D eigenvalue weighted by atomic mass is 16.4. The van der Waals surface area contributed by atoms with Gasteiger partial charge in [0.2, 0.25) is 5.91 Å². The van der Waals surface area contributed by atoms with Crippen molar-refractivity contribution in [3.05, 3.63) is 12.2 Å². The van der Waals surface area contributed by atoms with Crippen molar-refractivity contribution in [1.29, 1.82) is 0 Å². The first-order chi connectivity index (χ1) is 13.0. The Morgan fingerprint density at radius 3 is 1.81 bits per heavy atom. The fourth-order valence-corrected chi connectivity index (χ4v) is 2.99. The number of carbonyl (C=O) groups is 2. The molecule has 3 N–H and O–H groups in total. The van der Waals surface area contributed by atoms with Gasteiger partial charge in [-0.2, -0.15) is 0 Å². The maximum Gasteiger partial charge on any atom is 0.322 e. The van der Waals surface area contributed by atoms with E-state index < -0.39 is 5.97 Å². The van der Waals surface area contributed by atoms with Gasteiger partial charge in [-0.15, -0.1) is 0 Å². The van der Waals surface area contributed by atoms with E-state index in [2.05, 4.69) is 17.5 Å². The number of hydrogen-bond acceptors (Lipinski definition) is 3. The largest absolute Gasteiger partial charge is 0.480 e. The number of carboxylic acids is 1. The van der Waals surface area contributed by atoms with Gasteiger partial charge in [0, 0.05) is 6.42 Å². The maximum atomic E-state index is 11.3. The van der Waals surface area contributed by atoms with E-state index in [1.807, 2.05) is 6.92 Å². The number of aliphatic hydroxyl groups excluding tert-OH is 1. The molecule has 0 aromatic carbocycles. The van der Waals surface area contributed by atoms with Gasteiger partial charge >= 0.3 is 5.97 Å². The van der Waals surface area contributed by atoms with E-state index in [4.69, 9.17) is 10.2 Å². The second-order valence-corrected chi connectivity index (χ2v) is 7.50. The molecule has 1 atom stereocenters. The average molecular weight is 384 g/mol. The molecule has 5 nitrogen and oxygen atoms in total. The van der Waals surface area contributed by atoms with Gasteiger partial charge in [0.05, 0.1) is 6.10 Å². The molecule has 0 heterocycles. The summed E-state index contributed by atoms with van der Waals surface area (Å²) < 4.78 is 0. The molecule has 0 aliphatic carbocycles. The van der Waals surface area contributed by atoms with E-state index in [0.717, 1.165) is 38.5 Å². The molecule has 1 unspecified atom stereocenters. The lowest BCUT2D eigenvalue weighted by Crippen LogP contribution is -2.28. The van der Waals surface area contributed by atoms with Crippen LogP contribution in [0.1, 0.15) is 103 Å². The lowest BCUT2D eigenvalue weighted by molar-refractivity contribution is -0.137. The van der Waals surface area contributed by atoms with Gasteiger partial charge in [-0.1, -0.05) is 63.5 Å². The number of carboxylic acid groups (broad SMARTS) is 1. The fraction of sp³-hybridized carbons (Fsp3) is 0.818. The molecule has 0 spiro atoms. The molecule has 158 valence electrons.